The van der Waals surface area contributed by atoms with Gasteiger partial charge in [-0.05, 0) is 47.9 Å². The van der Waals surface area contributed by atoms with Crippen molar-refractivity contribution in [2.45, 2.75) is 13.0 Å². The number of amides is 2. The Morgan fingerprint density at radius 3 is 2.39 bits per heavy atom. The number of carbonyl (C=O) groups is 3. The van der Waals surface area contributed by atoms with Gasteiger partial charge in [0.25, 0.3) is 17.5 Å². The van der Waals surface area contributed by atoms with Crippen LogP contribution in [0.1, 0.15) is 42.2 Å². The Bertz CT molecular complexity index is 1370. The summed E-state index contributed by atoms with van der Waals surface area (Å²) >= 11 is 0. The number of carbonyl (C=O) groups excluding carboxylic acids is 2. The summed E-state index contributed by atoms with van der Waals surface area (Å²) in [4.78, 5) is 51.2. The third kappa shape index (κ3) is 3.30. The zero-order valence-corrected chi connectivity index (χ0v) is 17.2. The number of carboxylic acids is 1. The maximum atomic E-state index is 12.9. The highest BCUT2D eigenvalue weighted by Gasteiger charge is 2.38. The number of fused-ring (bicyclic) bond motifs is 2. The highest BCUT2D eigenvalue weighted by molar-refractivity contribution is 6.34. The van der Waals surface area contributed by atoms with E-state index in [0.29, 0.717) is 18.8 Å². The van der Waals surface area contributed by atoms with Crippen LogP contribution in [0.4, 0.5) is 17.1 Å². The fourth-order valence-electron chi connectivity index (χ4n) is 4.37. The Hall–Kier alpha value is -4.53. The summed E-state index contributed by atoms with van der Waals surface area (Å²) in [6, 6.07) is 15.9. The first-order valence-electron chi connectivity index (χ1n) is 10.2. The van der Waals surface area contributed by atoms with Gasteiger partial charge in [0.15, 0.2) is 0 Å². The maximum Gasteiger partial charge on any atom is 0.335 e. The third-order valence-electron chi connectivity index (χ3n) is 6.02. The fourth-order valence-corrected chi connectivity index (χ4v) is 4.37. The molecule has 3 aromatic carbocycles. The molecule has 0 unspecified atom stereocenters. The molecule has 3 aromatic rings. The van der Waals surface area contributed by atoms with E-state index in [2.05, 4.69) is 0 Å². The van der Waals surface area contributed by atoms with Crippen molar-refractivity contribution in [2.24, 2.45) is 0 Å². The van der Waals surface area contributed by atoms with Gasteiger partial charge in [-0.1, -0.05) is 24.3 Å². The molecule has 164 valence electrons. The van der Waals surface area contributed by atoms with Crippen molar-refractivity contribution in [1.29, 1.82) is 0 Å². The molecule has 2 aliphatic heterocycles. The van der Waals surface area contributed by atoms with Gasteiger partial charge in [-0.25, -0.2) is 9.69 Å². The van der Waals surface area contributed by atoms with Crippen molar-refractivity contribution >= 4 is 34.8 Å². The SMILES string of the molecule is O=C(O)c1ccc2c(c1)C(=O)N(c1ccc(N3CCc4ccccc4C3)c([N+](=O)[O-])c1)C2=O. The zero-order valence-electron chi connectivity index (χ0n) is 17.2. The summed E-state index contributed by atoms with van der Waals surface area (Å²) in [6.07, 6.45) is 0.749. The molecule has 9 heteroatoms. The average Bonchev–Trinajstić information content (AvgIpc) is 3.07. The largest absolute Gasteiger partial charge is 0.478 e. The summed E-state index contributed by atoms with van der Waals surface area (Å²) in [5, 5.41) is 21.1. The lowest BCUT2D eigenvalue weighted by Crippen LogP contribution is -2.31. The van der Waals surface area contributed by atoms with E-state index in [4.69, 9.17) is 0 Å². The van der Waals surface area contributed by atoms with E-state index < -0.39 is 22.7 Å². The van der Waals surface area contributed by atoms with Gasteiger partial charge in [0.2, 0.25) is 0 Å². The molecule has 0 radical (unpaired) electrons. The molecule has 2 aliphatic rings. The number of carboxylic acid groups (broad SMARTS) is 1. The molecule has 0 aromatic heterocycles. The summed E-state index contributed by atoms with van der Waals surface area (Å²) < 4.78 is 0. The molecule has 5 rings (SSSR count). The topological polar surface area (TPSA) is 121 Å². The normalized spacial score (nSPS) is 14.8. The highest BCUT2D eigenvalue weighted by atomic mass is 16.6. The summed E-state index contributed by atoms with van der Waals surface area (Å²) in [6.45, 7) is 1.11. The number of hydrogen-bond donors (Lipinski definition) is 1. The van der Waals surface area contributed by atoms with Crippen LogP contribution in [-0.4, -0.2) is 34.4 Å². The molecule has 0 fully saturated rings. The molecule has 2 heterocycles. The molecule has 0 bridgehead atoms. The number of benzene rings is 3. The van der Waals surface area contributed by atoms with Gasteiger partial charge in [0.05, 0.1) is 27.3 Å². The number of anilines is 2. The van der Waals surface area contributed by atoms with Crippen LogP contribution in [-0.2, 0) is 13.0 Å². The molecule has 0 saturated heterocycles. The van der Waals surface area contributed by atoms with Gasteiger partial charge in [-0.15, -0.1) is 0 Å². The van der Waals surface area contributed by atoms with E-state index in [1.807, 2.05) is 29.2 Å². The number of imide groups is 1. The van der Waals surface area contributed by atoms with Crippen LogP contribution in [0.15, 0.2) is 60.7 Å². The quantitative estimate of drug-likeness (QED) is 0.371. The minimum Gasteiger partial charge on any atom is -0.478 e. The second kappa shape index (κ2) is 7.56. The number of hydrogen-bond acceptors (Lipinski definition) is 6. The van der Waals surface area contributed by atoms with Crippen molar-refractivity contribution in [1.82, 2.24) is 0 Å². The van der Waals surface area contributed by atoms with Gasteiger partial charge in [0.1, 0.15) is 5.69 Å². The molecule has 1 N–H and O–H groups in total. The lowest BCUT2D eigenvalue weighted by molar-refractivity contribution is -0.384. The standard InChI is InChI=1S/C24H17N3O6/c28-22-18-7-5-15(24(30)31)11-19(18)23(29)26(22)17-6-8-20(21(12-17)27(32)33)25-10-9-14-3-1-2-4-16(14)13-25/h1-8,11-12H,9-10,13H2,(H,30,31). The van der Waals surface area contributed by atoms with Crippen molar-refractivity contribution in [3.05, 3.63) is 98.6 Å². The van der Waals surface area contributed by atoms with Crippen LogP contribution in [0, 0.1) is 10.1 Å². The maximum absolute atomic E-state index is 12.9. The predicted molar refractivity (Wildman–Crippen MR) is 119 cm³/mol. The van der Waals surface area contributed by atoms with Crippen LogP contribution in [0.5, 0.6) is 0 Å². The Kier molecular flexibility index (Phi) is 4.67. The van der Waals surface area contributed by atoms with Gasteiger partial charge in [-0.2, -0.15) is 0 Å². The van der Waals surface area contributed by atoms with Gasteiger partial charge in [-0.3, -0.25) is 19.7 Å². The summed E-state index contributed by atoms with van der Waals surface area (Å²) in [5.41, 5.74) is 2.45. The third-order valence-corrected chi connectivity index (χ3v) is 6.02. The summed E-state index contributed by atoms with van der Waals surface area (Å²) in [5.74, 6) is -2.59. The molecular weight excluding hydrogens is 426 g/mol. The van der Waals surface area contributed by atoms with Crippen LogP contribution in [0.25, 0.3) is 0 Å². The van der Waals surface area contributed by atoms with E-state index in [0.717, 1.165) is 23.0 Å². The first-order chi connectivity index (χ1) is 15.8. The van der Waals surface area contributed by atoms with E-state index in [1.165, 1.54) is 29.8 Å². The lowest BCUT2D eigenvalue weighted by atomic mass is 9.99. The minimum atomic E-state index is -1.22. The Morgan fingerprint density at radius 2 is 1.67 bits per heavy atom. The number of rotatable bonds is 4. The van der Waals surface area contributed by atoms with Crippen LogP contribution < -0.4 is 9.80 Å². The fraction of sp³-hybridized carbons (Fsp3) is 0.125. The number of aromatic carboxylic acids is 1. The molecule has 2 amide bonds. The Morgan fingerprint density at radius 1 is 0.939 bits per heavy atom. The molecule has 0 spiro atoms. The van der Waals surface area contributed by atoms with Crippen LogP contribution >= 0.6 is 0 Å². The van der Waals surface area contributed by atoms with E-state index in [9.17, 15) is 29.6 Å². The molecule has 9 nitrogen and oxygen atoms in total. The monoisotopic (exact) mass is 443 g/mol. The summed E-state index contributed by atoms with van der Waals surface area (Å²) in [7, 11) is 0. The van der Waals surface area contributed by atoms with Crippen molar-refractivity contribution in [3.63, 3.8) is 0 Å². The highest BCUT2D eigenvalue weighted by Crippen LogP contribution is 2.37. The number of nitro groups is 1. The predicted octanol–water partition coefficient (Wildman–Crippen LogP) is 3.66. The Balaban J connectivity index is 1.51. The molecular formula is C24H17N3O6. The van der Waals surface area contributed by atoms with Gasteiger partial charge >= 0.3 is 5.97 Å². The molecule has 0 saturated carbocycles. The second-order valence-electron chi connectivity index (χ2n) is 7.88. The second-order valence-corrected chi connectivity index (χ2v) is 7.88. The van der Waals surface area contributed by atoms with E-state index in [1.54, 1.807) is 6.07 Å². The van der Waals surface area contributed by atoms with Crippen molar-refractivity contribution in [2.75, 3.05) is 16.3 Å². The van der Waals surface area contributed by atoms with Crippen molar-refractivity contribution in [3.8, 4) is 0 Å². The first-order valence-corrected chi connectivity index (χ1v) is 10.2. The molecule has 0 atom stereocenters. The van der Waals surface area contributed by atoms with E-state index >= 15 is 0 Å². The minimum absolute atomic E-state index is 0.0423. The Labute approximate surface area is 187 Å². The molecule has 33 heavy (non-hydrogen) atoms. The smallest absolute Gasteiger partial charge is 0.335 e. The van der Waals surface area contributed by atoms with Gasteiger partial charge < -0.3 is 10.0 Å². The molecule has 0 aliphatic carbocycles. The van der Waals surface area contributed by atoms with E-state index in [-0.39, 0.29) is 28.1 Å². The number of nitrogens with zero attached hydrogens (tertiary/aromatic N) is 3. The average molecular weight is 443 g/mol. The van der Waals surface area contributed by atoms with Crippen LogP contribution in [0.2, 0.25) is 0 Å². The zero-order chi connectivity index (χ0) is 23.3. The first kappa shape index (κ1) is 20.4. The van der Waals surface area contributed by atoms with Crippen molar-refractivity contribution < 1.29 is 24.4 Å². The van der Waals surface area contributed by atoms with Crippen LogP contribution in [0.3, 0.4) is 0 Å². The number of nitro benzene ring substituents is 1. The van der Waals surface area contributed by atoms with Gasteiger partial charge in [0, 0.05) is 19.2 Å². The lowest BCUT2D eigenvalue weighted by Gasteiger charge is -2.30.